The van der Waals surface area contributed by atoms with Crippen LogP contribution in [0.3, 0.4) is 0 Å². The number of aromatic nitrogens is 3. The highest BCUT2D eigenvalue weighted by atomic mass is 35.5. The van der Waals surface area contributed by atoms with E-state index in [1.807, 2.05) is 55.7 Å². The van der Waals surface area contributed by atoms with E-state index in [1.165, 1.54) is 0 Å². The minimum atomic E-state index is -0.396. The van der Waals surface area contributed by atoms with E-state index in [0.29, 0.717) is 35.9 Å². The highest BCUT2D eigenvalue weighted by Gasteiger charge is 2.21. The van der Waals surface area contributed by atoms with Crippen LogP contribution in [0, 0.1) is 11.3 Å². The van der Waals surface area contributed by atoms with Crippen LogP contribution in [-0.2, 0) is 18.3 Å². The molecule has 4 aromatic rings. The van der Waals surface area contributed by atoms with E-state index in [9.17, 15) is 4.79 Å². The highest BCUT2D eigenvalue weighted by molar-refractivity contribution is 6.31. The number of carbonyl (C=O) groups excluding carboxylic acids is 1. The van der Waals surface area contributed by atoms with Crippen molar-refractivity contribution in [1.29, 1.82) is 5.26 Å². The molecular formula is C27H25ClN6O. The molecule has 0 saturated carbocycles. The molecule has 0 aliphatic carbocycles. The highest BCUT2D eigenvalue weighted by Crippen LogP contribution is 2.21. The number of anilines is 1. The van der Waals surface area contributed by atoms with Gasteiger partial charge in [-0.15, -0.1) is 0 Å². The number of hydrogen-bond donors (Lipinski definition) is 2. The van der Waals surface area contributed by atoms with Crippen molar-refractivity contribution in [3.63, 3.8) is 0 Å². The minimum Gasteiger partial charge on any atom is -0.315 e. The first-order valence-electron chi connectivity index (χ1n) is 11.2. The van der Waals surface area contributed by atoms with Crippen molar-refractivity contribution >= 4 is 23.3 Å². The number of hydrogen-bond acceptors (Lipinski definition) is 5. The van der Waals surface area contributed by atoms with Crippen molar-refractivity contribution in [2.75, 3.05) is 18.4 Å². The third-order valence-electron chi connectivity index (χ3n) is 5.67. The van der Waals surface area contributed by atoms with E-state index < -0.39 is 5.92 Å². The molecule has 2 aromatic carbocycles. The van der Waals surface area contributed by atoms with Crippen LogP contribution in [0.5, 0.6) is 0 Å². The van der Waals surface area contributed by atoms with Gasteiger partial charge in [-0.25, -0.2) is 4.98 Å². The summed E-state index contributed by atoms with van der Waals surface area (Å²) in [7, 11) is 1.86. The van der Waals surface area contributed by atoms with Crippen molar-refractivity contribution in [2.45, 2.75) is 12.3 Å². The lowest BCUT2D eigenvalue weighted by atomic mass is 9.98. The maximum absolute atomic E-state index is 13.2. The minimum absolute atomic E-state index is 0.137. The van der Waals surface area contributed by atoms with Crippen LogP contribution in [0.2, 0.25) is 5.02 Å². The molecule has 1 amide bonds. The lowest BCUT2D eigenvalue weighted by Crippen LogP contribution is -2.32. The molecule has 0 bridgehead atoms. The Labute approximate surface area is 209 Å². The lowest BCUT2D eigenvalue weighted by Gasteiger charge is -2.18. The second-order valence-corrected chi connectivity index (χ2v) is 8.57. The molecule has 0 aliphatic rings. The summed E-state index contributed by atoms with van der Waals surface area (Å²) in [4.78, 5) is 17.6. The molecule has 0 spiro atoms. The normalized spacial score (nSPS) is 11.6. The first kappa shape index (κ1) is 24.1. The molecule has 2 heterocycles. The quantitative estimate of drug-likeness (QED) is 0.339. The van der Waals surface area contributed by atoms with Gasteiger partial charge >= 0.3 is 0 Å². The molecule has 0 radical (unpaired) electrons. The number of aryl methyl sites for hydroxylation is 1. The Morgan fingerprint density at radius 3 is 2.60 bits per heavy atom. The molecule has 176 valence electrons. The summed E-state index contributed by atoms with van der Waals surface area (Å²) in [6.07, 6.45) is 6.10. The lowest BCUT2D eigenvalue weighted by molar-refractivity contribution is -0.117. The molecule has 2 N–H and O–H groups in total. The second-order valence-electron chi connectivity index (χ2n) is 8.16. The average molecular weight is 485 g/mol. The van der Waals surface area contributed by atoms with E-state index in [0.717, 1.165) is 22.3 Å². The van der Waals surface area contributed by atoms with Gasteiger partial charge in [-0.1, -0.05) is 48.0 Å². The molecule has 1 unspecified atom stereocenters. The maximum Gasteiger partial charge on any atom is 0.234 e. The van der Waals surface area contributed by atoms with Gasteiger partial charge in [-0.2, -0.15) is 10.4 Å². The Hall–Kier alpha value is -3.99. The van der Waals surface area contributed by atoms with Crippen LogP contribution in [-0.4, -0.2) is 33.8 Å². The van der Waals surface area contributed by atoms with Crippen LogP contribution in [0.25, 0.3) is 11.1 Å². The van der Waals surface area contributed by atoms with E-state index in [-0.39, 0.29) is 5.91 Å². The smallest absolute Gasteiger partial charge is 0.234 e. The first-order chi connectivity index (χ1) is 17.0. The predicted molar refractivity (Wildman–Crippen MR) is 137 cm³/mol. The van der Waals surface area contributed by atoms with Crippen LogP contribution in [0.1, 0.15) is 22.6 Å². The van der Waals surface area contributed by atoms with Gasteiger partial charge in [0.2, 0.25) is 5.91 Å². The zero-order valence-corrected chi connectivity index (χ0v) is 20.0. The fourth-order valence-corrected chi connectivity index (χ4v) is 4.03. The van der Waals surface area contributed by atoms with E-state index in [4.69, 9.17) is 16.9 Å². The molecule has 7 nitrogen and oxygen atoms in total. The Morgan fingerprint density at radius 1 is 1.11 bits per heavy atom. The number of amides is 1. The number of pyridine rings is 1. The van der Waals surface area contributed by atoms with Gasteiger partial charge in [-0.05, 0) is 48.4 Å². The van der Waals surface area contributed by atoms with Gasteiger partial charge in [0.15, 0.2) is 0 Å². The SMILES string of the molecule is Cn1cc(-c2ccc(NC(=O)C(CNCCc3ccc(C#N)cc3Cl)c3ccccc3)nc2)cn1. The standard InChI is InChI=1S/C27H25ClN6O/c1-34-18-23(16-32-34)22-9-10-26(31-15-22)33-27(35)24(20-5-3-2-4-6-20)17-30-12-11-21-8-7-19(14-29)13-25(21)28/h2-10,13,15-16,18,24,30H,11-12,17H2,1H3,(H,31,33,35). The van der Waals surface area contributed by atoms with Crippen molar-refractivity contribution in [1.82, 2.24) is 20.1 Å². The van der Waals surface area contributed by atoms with Crippen molar-refractivity contribution in [3.05, 3.63) is 101 Å². The molecule has 0 aliphatic heterocycles. The third-order valence-corrected chi connectivity index (χ3v) is 6.02. The summed E-state index contributed by atoms with van der Waals surface area (Å²) in [5.41, 5.74) is 4.30. The van der Waals surface area contributed by atoms with Crippen molar-refractivity contribution in [2.24, 2.45) is 7.05 Å². The van der Waals surface area contributed by atoms with Gasteiger partial charge in [0, 0.05) is 42.1 Å². The number of nitrogens with zero attached hydrogens (tertiary/aromatic N) is 4. The van der Waals surface area contributed by atoms with Gasteiger partial charge in [0.1, 0.15) is 5.82 Å². The number of nitrogens with one attached hydrogen (secondary N) is 2. The molecular weight excluding hydrogens is 460 g/mol. The number of carbonyl (C=O) groups is 1. The monoisotopic (exact) mass is 484 g/mol. The number of benzene rings is 2. The average Bonchev–Trinajstić information content (AvgIpc) is 3.32. The Bertz CT molecular complexity index is 1330. The molecule has 0 saturated heterocycles. The summed E-state index contributed by atoms with van der Waals surface area (Å²) in [6, 6.07) is 20.8. The Morgan fingerprint density at radius 2 is 1.94 bits per heavy atom. The van der Waals surface area contributed by atoms with Gasteiger partial charge in [0.05, 0.1) is 23.7 Å². The summed E-state index contributed by atoms with van der Waals surface area (Å²) in [5.74, 6) is -0.0397. The Kier molecular flexibility index (Phi) is 7.88. The van der Waals surface area contributed by atoms with Gasteiger partial charge < -0.3 is 10.6 Å². The molecule has 2 aromatic heterocycles. The number of nitriles is 1. The predicted octanol–water partition coefficient (Wildman–Crippen LogP) is 4.56. The van der Waals surface area contributed by atoms with Crippen LogP contribution >= 0.6 is 11.6 Å². The summed E-state index contributed by atoms with van der Waals surface area (Å²) >= 11 is 6.28. The second kappa shape index (κ2) is 11.4. The van der Waals surface area contributed by atoms with Gasteiger partial charge in [0.25, 0.3) is 0 Å². The fraction of sp³-hybridized carbons (Fsp3) is 0.185. The van der Waals surface area contributed by atoms with Crippen LogP contribution in [0.4, 0.5) is 5.82 Å². The number of halogens is 1. The number of rotatable bonds is 9. The molecule has 35 heavy (non-hydrogen) atoms. The fourth-order valence-electron chi connectivity index (χ4n) is 3.76. The molecule has 0 fully saturated rings. The zero-order valence-electron chi connectivity index (χ0n) is 19.3. The van der Waals surface area contributed by atoms with Crippen molar-refractivity contribution < 1.29 is 4.79 Å². The largest absolute Gasteiger partial charge is 0.315 e. The van der Waals surface area contributed by atoms with E-state index >= 15 is 0 Å². The summed E-state index contributed by atoms with van der Waals surface area (Å²) in [5, 5.41) is 20.1. The third kappa shape index (κ3) is 6.33. The van der Waals surface area contributed by atoms with Crippen LogP contribution < -0.4 is 10.6 Å². The van der Waals surface area contributed by atoms with Gasteiger partial charge in [-0.3, -0.25) is 9.48 Å². The topological polar surface area (TPSA) is 95.6 Å². The van der Waals surface area contributed by atoms with Crippen molar-refractivity contribution in [3.8, 4) is 17.2 Å². The van der Waals surface area contributed by atoms with E-state index in [2.05, 4.69) is 26.8 Å². The summed E-state index contributed by atoms with van der Waals surface area (Å²) in [6.45, 7) is 1.10. The Balaban J connectivity index is 1.39. The molecule has 4 rings (SSSR count). The first-order valence-corrected chi connectivity index (χ1v) is 11.6. The molecule has 1 atom stereocenters. The zero-order chi connectivity index (χ0) is 24.6. The maximum atomic E-state index is 13.2. The summed E-state index contributed by atoms with van der Waals surface area (Å²) < 4.78 is 1.73. The van der Waals surface area contributed by atoms with Crippen LogP contribution in [0.15, 0.2) is 79.3 Å². The molecule has 8 heteroatoms. The van der Waals surface area contributed by atoms with E-state index in [1.54, 1.807) is 35.3 Å².